The zero-order valence-electron chi connectivity index (χ0n) is 12.4. The van der Waals surface area contributed by atoms with Crippen molar-refractivity contribution in [2.45, 2.75) is 78.1 Å². The fourth-order valence-electron chi connectivity index (χ4n) is 2.21. The molecule has 0 saturated heterocycles. The van der Waals surface area contributed by atoms with E-state index in [-0.39, 0.29) is 12.5 Å². The molecule has 0 aromatic rings. The molecule has 1 N–H and O–H groups in total. The number of unbranched alkanes of at least 4 members (excludes halogenated alkanes) is 6. The molecule has 0 rings (SSSR count). The Morgan fingerprint density at radius 1 is 0.895 bits per heavy atom. The summed E-state index contributed by atoms with van der Waals surface area (Å²) in [4.78, 5) is 0. The van der Waals surface area contributed by atoms with Gasteiger partial charge in [-0.05, 0) is 18.8 Å². The highest BCUT2D eigenvalue weighted by Gasteiger charge is 2.13. The van der Waals surface area contributed by atoms with Crippen LogP contribution in [-0.4, -0.2) is 19.6 Å². The topological polar surface area (TPSA) is 63.6 Å². The summed E-state index contributed by atoms with van der Waals surface area (Å²) in [5.74, 6) is 0.246. The Kier molecular flexibility index (Phi) is 11.6. The Bertz CT molecular complexity index is 276. The predicted octanol–water partition coefficient (Wildman–Crippen LogP) is 4.36. The number of hydrogen-bond acceptors (Lipinski definition) is 3. The highest BCUT2D eigenvalue weighted by atomic mass is 32.3. The van der Waals surface area contributed by atoms with Gasteiger partial charge in [0.2, 0.25) is 0 Å². The summed E-state index contributed by atoms with van der Waals surface area (Å²) in [5.41, 5.74) is 0. The lowest BCUT2D eigenvalue weighted by Crippen LogP contribution is -2.14. The minimum absolute atomic E-state index is 0.122. The molecular weight excluding hydrogens is 264 g/mol. The lowest BCUT2D eigenvalue weighted by Gasteiger charge is -2.15. The van der Waals surface area contributed by atoms with E-state index in [1.54, 1.807) is 0 Å². The molecule has 0 unspecified atom stereocenters. The van der Waals surface area contributed by atoms with Crippen molar-refractivity contribution in [2.75, 3.05) is 6.61 Å². The summed E-state index contributed by atoms with van der Waals surface area (Å²) in [6.45, 7) is 4.46. The molecule has 0 aliphatic carbocycles. The third kappa shape index (κ3) is 14.1. The third-order valence-corrected chi connectivity index (χ3v) is 3.82. The Hall–Kier alpha value is -0.130. The molecule has 5 heteroatoms. The quantitative estimate of drug-likeness (QED) is 0.405. The molecule has 0 radical (unpaired) electrons. The first-order valence-electron chi connectivity index (χ1n) is 7.61. The van der Waals surface area contributed by atoms with E-state index >= 15 is 0 Å². The standard InChI is InChI=1S/C14H30O4S/c1-3-5-7-9-11-14(12-10-8-6-4-2)13-18-19(15,16)17/h14H,3-13H2,1-2H3,(H,15,16,17). The summed E-state index contributed by atoms with van der Waals surface area (Å²) in [5, 5.41) is 0. The van der Waals surface area contributed by atoms with Gasteiger partial charge in [0.25, 0.3) is 0 Å². The second kappa shape index (κ2) is 11.7. The molecule has 0 bridgehead atoms. The van der Waals surface area contributed by atoms with Gasteiger partial charge in [-0.3, -0.25) is 4.55 Å². The second-order valence-corrected chi connectivity index (χ2v) is 6.37. The van der Waals surface area contributed by atoms with E-state index in [4.69, 9.17) is 4.55 Å². The summed E-state index contributed by atoms with van der Waals surface area (Å²) in [7, 11) is -4.29. The van der Waals surface area contributed by atoms with Gasteiger partial charge < -0.3 is 0 Å². The van der Waals surface area contributed by atoms with E-state index in [1.165, 1.54) is 38.5 Å². The van der Waals surface area contributed by atoms with E-state index in [9.17, 15) is 8.42 Å². The first kappa shape index (κ1) is 18.9. The van der Waals surface area contributed by atoms with Crippen molar-refractivity contribution in [1.29, 1.82) is 0 Å². The van der Waals surface area contributed by atoms with Gasteiger partial charge >= 0.3 is 10.4 Å². The van der Waals surface area contributed by atoms with Crippen LogP contribution in [0.5, 0.6) is 0 Å². The van der Waals surface area contributed by atoms with Gasteiger partial charge in [-0.25, -0.2) is 4.18 Å². The monoisotopic (exact) mass is 294 g/mol. The molecule has 4 nitrogen and oxygen atoms in total. The molecule has 0 heterocycles. The fraction of sp³-hybridized carbons (Fsp3) is 1.00. The Morgan fingerprint density at radius 2 is 1.37 bits per heavy atom. The molecule has 0 saturated carbocycles. The van der Waals surface area contributed by atoms with E-state index in [2.05, 4.69) is 18.0 Å². The molecule has 0 aliphatic heterocycles. The Labute approximate surface area is 118 Å². The Balaban J connectivity index is 3.92. The second-order valence-electron chi connectivity index (χ2n) is 5.28. The maximum atomic E-state index is 10.6. The van der Waals surface area contributed by atoms with Gasteiger partial charge in [-0.2, -0.15) is 8.42 Å². The SMILES string of the molecule is CCCCCCC(CCCCCC)COS(=O)(=O)O. The van der Waals surface area contributed by atoms with Gasteiger partial charge in [0.15, 0.2) is 0 Å². The predicted molar refractivity (Wildman–Crippen MR) is 78.5 cm³/mol. The molecular formula is C14H30O4S. The maximum Gasteiger partial charge on any atom is 0.397 e. The van der Waals surface area contributed by atoms with Gasteiger partial charge in [-0.1, -0.05) is 65.2 Å². The normalized spacial score (nSPS) is 12.2. The summed E-state index contributed by atoms with van der Waals surface area (Å²) >= 11 is 0. The molecule has 0 aliphatic rings. The zero-order chi connectivity index (χ0) is 14.6. The van der Waals surface area contributed by atoms with Crippen molar-refractivity contribution in [3.05, 3.63) is 0 Å². The molecule has 0 aromatic carbocycles. The van der Waals surface area contributed by atoms with Crippen molar-refractivity contribution in [1.82, 2.24) is 0 Å². The average Bonchev–Trinajstić information content (AvgIpc) is 2.34. The number of hydrogen-bond donors (Lipinski definition) is 1. The smallest absolute Gasteiger partial charge is 0.264 e. The summed E-state index contributed by atoms with van der Waals surface area (Å²) in [6.07, 6.45) is 11.4. The summed E-state index contributed by atoms with van der Waals surface area (Å²) in [6, 6.07) is 0. The van der Waals surface area contributed by atoms with Crippen LogP contribution in [0.3, 0.4) is 0 Å². The average molecular weight is 294 g/mol. The fourth-order valence-corrected chi connectivity index (χ4v) is 2.58. The summed E-state index contributed by atoms with van der Waals surface area (Å²) < 4.78 is 34.4. The minimum atomic E-state index is -4.29. The molecule has 0 atom stereocenters. The molecule has 0 spiro atoms. The van der Waals surface area contributed by atoms with Crippen LogP contribution in [0.4, 0.5) is 0 Å². The van der Waals surface area contributed by atoms with Crippen molar-refractivity contribution in [3.8, 4) is 0 Å². The first-order chi connectivity index (χ1) is 8.99. The van der Waals surface area contributed by atoms with Crippen LogP contribution in [-0.2, 0) is 14.6 Å². The van der Waals surface area contributed by atoms with Crippen LogP contribution >= 0.6 is 0 Å². The molecule has 116 valence electrons. The third-order valence-electron chi connectivity index (χ3n) is 3.38. The van der Waals surface area contributed by atoms with Crippen LogP contribution in [0.15, 0.2) is 0 Å². The first-order valence-corrected chi connectivity index (χ1v) is 8.98. The van der Waals surface area contributed by atoms with E-state index < -0.39 is 10.4 Å². The van der Waals surface area contributed by atoms with Gasteiger partial charge in [-0.15, -0.1) is 0 Å². The zero-order valence-corrected chi connectivity index (χ0v) is 13.3. The maximum absolute atomic E-state index is 10.6. The largest absolute Gasteiger partial charge is 0.397 e. The van der Waals surface area contributed by atoms with Crippen LogP contribution < -0.4 is 0 Å². The van der Waals surface area contributed by atoms with Gasteiger partial charge in [0.05, 0.1) is 6.61 Å². The van der Waals surface area contributed by atoms with Crippen molar-refractivity contribution < 1.29 is 17.2 Å². The van der Waals surface area contributed by atoms with Crippen LogP contribution in [0.1, 0.15) is 78.1 Å². The highest BCUT2D eigenvalue weighted by Crippen LogP contribution is 2.19. The van der Waals surface area contributed by atoms with Gasteiger partial charge in [0.1, 0.15) is 0 Å². The van der Waals surface area contributed by atoms with E-state index in [0.29, 0.717) is 0 Å². The Morgan fingerprint density at radius 3 is 1.74 bits per heavy atom. The van der Waals surface area contributed by atoms with Gasteiger partial charge in [0, 0.05) is 0 Å². The van der Waals surface area contributed by atoms with E-state index in [0.717, 1.165) is 25.7 Å². The highest BCUT2D eigenvalue weighted by molar-refractivity contribution is 7.80. The van der Waals surface area contributed by atoms with Crippen LogP contribution in [0, 0.1) is 5.92 Å². The lowest BCUT2D eigenvalue weighted by atomic mass is 9.95. The van der Waals surface area contributed by atoms with Crippen molar-refractivity contribution in [3.63, 3.8) is 0 Å². The van der Waals surface area contributed by atoms with Crippen molar-refractivity contribution >= 4 is 10.4 Å². The molecule has 0 fully saturated rings. The van der Waals surface area contributed by atoms with Crippen molar-refractivity contribution in [2.24, 2.45) is 5.92 Å². The van der Waals surface area contributed by atoms with E-state index in [1.807, 2.05) is 0 Å². The molecule has 0 amide bonds. The van der Waals surface area contributed by atoms with Crippen LogP contribution in [0.25, 0.3) is 0 Å². The number of rotatable bonds is 13. The lowest BCUT2D eigenvalue weighted by molar-refractivity contribution is 0.204. The molecule has 19 heavy (non-hydrogen) atoms. The molecule has 0 aromatic heterocycles. The van der Waals surface area contributed by atoms with Crippen LogP contribution in [0.2, 0.25) is 0 Å². The minimum Gasteiger partial charge on any atom is -0.264 e.